The van der Waals surface area contributed by atoms with Crippen LogP contribution in [0.2, 0.25) is 18.1 Å². The summed E-state index contributed by atoms with van der Waals surface area (Å²) in [4.78, 5) is 31.1. The predicted molar refractivity (Wildman–Crippen MR) is 328 cm³/mol. The first kappa shape index (κ1) is 63.9. The smallest absolute Gasteiger partial charge is 0.254 e. The van der Waals surface area contributed by atoms with Crippen molar-refractivity contribution in [2.45, 2.75) is 117 Å². The molecule has 2 N–H and O–H groups in total. The van der Waals surface area contributed by atoms with E-state index >= 15 is 0 Å². The zero-order chi connectivity index (χ0) is 61.1. The summed E-state index contributed by atoms with van der Waals surface area (Å²) in [5.74, 6) is 0.488. The Morgan fingerprint density at radius 3 is 1.73 bits per heavy atom. The topological polar surface area (TPSA) is 237 Å². The molecule has 6 atom stereocenters. The Morgan fingerprint density at radius 2 is 1.19 bits per heavy atom. The van der Waals surface area contributed by atoms with Gasteiger partial charge >= 0.3 is 0 Å². The van der Waals surface area contributed by atoms with Crippen molar-refractivity contribution in [3.8, 4) is 0 Å². The number of carbonyl (C=O) groups is 1. The standard InChI is InChI=1S/C25H33FN8O3S2.C20H37N5O3S2Si.C11H10FN3O/c1-18(19-2-4-20(26)5-3-19)34-17-28-29-23(34)16-30-6-10-33(11-7-30)39(36,37)24-13-27-25(38-24)32-9-8-31-15-22(35)12-21(31)14-32;1-20(2,3)31(4,5)28-17-12-16-14-24(11-10-23(16)15-17)19-22-13-18(29-19)30(26,27)25-8-6-21-7-9-25;1-8(9-2-4-10(12)5-3-9)15-7-13-14-11(15)6-16/h2-5,13,17-18,21-22,35H,6-12,14-16H2,1H3;13,16-17,21H,6-12,14-15H2,1-5H3;2-8H,1H3/t18-,21+,22-;16-,17+;8-/m101/s1. The number of aldehydes is 1. The van der Waals surface area contributed by atoms with Crippen LogP contribution in [0.4, 0.5) is 19.0 Å². The molecule has 6 saturated heterocycles. The molecule has 4 aromatic heterocycles. The quantitative estimate of drug-likeness (QED) is 0.100. The normalized spacial score (nSPS) is 23.0. The van der Waals surface area contributed by atoms with Crippen LogP contribution in [0.3, 0.4) is 0 Å². The van der Waals surface area contributed by atoms with Gasteiger partial charge in [0.05, 0.1) is 43.2 Å². The Labute approximate surface area is 512 Å². The lowest BCUT2D eigenvalue weighted by molar-refractivity contribution is 0.111. The first-order valence-corrected chi connectivity index (χ1v) is 36.8. The summed E-state index contributed by atoms with van der Waals surface area (Å²) >= 11 is 2.54. The van der Waals surface area contributed by atoms with Gasteiger partial charge in [0, 0.05) is 117 Å². The summed E-state index contributed by atoms with van der Waals surface area (Å²) in [5, 5.41) is 30.7. The third-order valence-corrected chi connectivity index (χ3v) is 29.1. The lowest BCUT2D eigenvalue weighted by atomic mass is 10.1. The van der Waals surface area contributed by atoms with Crippen molar-refractivity contribution in [3.63, 3.8) is 0 Å². The van der Waals surface area contributed by atoms with Crippen LogP contribution < -0.4 is 15.1 Å². The minimum atomic E-state index is -3.63. The molecule has 10 heterocycles. The van der Waals surface area contributed by atoms with Crippen LogP contribution in [0.1, 0.15) is 87.1 Å². The summed E-state index contributed by atoms with van der Waals surface area (Å²) in [6.45, 7) is 27.2. The van der Waals surface area contributed by atoms with Gasteiger partial charge in [-0.2, -0.15) is 8.61 Å². The number of aliphatic hydroxyl groups excluding tert-OH is 1. The Balaban J connectivity index is 0.000000155. The molecule has 6 aliphatic rings. The number of piperazine rings is 4. The second-order valence-corrected chi connectivity index (χ2v) is 35.5. The maximum atomic E-state index is 13.4. The van der Waals surface area contributed by atoms with E-state index in [2.05, 4.69) is 94.0 Å². The van der Waals surface area contributed by atoms with Crippen molar-refractivity contribution in [1.29, 1.82) is 0 Å². The van der Waals surface area contributed by atoms with Crippen molar-refractivity contribution < 1.29 is 39.9 Å². The van der Waals surface area contributed by atoms with Gasteiger partial charge in [0.1, 0.15) is 30.1 Å². The second kappa shape index (κ2) is 26.9. The maximum absolute atomic E-state index is 13.4. The number of fused-ring (bicyclic) bond motifs is 2. The highest BCUT2D eigenvalue weighted by Crippen LogP contribution is 2.40. The van der Waals surface area contributed by atoms with Crippen LogP contribution in [0.5, 0.6) is 0 Å². The number of aromatic nitrogens is 8. The third kappa shape index (κ3) is 14.6. The third-order valence-electron chi connectivity index (χ3n) is 17.8. The molecule has 0 aliphatic carbocycles. The average molecular weight is 1280 g/mol. The highest BCUT2D eigenvalue weighted by atomic mass is 32.3. The fourth-order valence-electron chi connectivity index (χ4n) is 11.7. The molecule has 0 bridgehead atoms. The van der Waals surface area contributed by atoms with Crippen molar-refractivity contribution >= 4 is 67.6 Å². The average Bonchev–Trinajstić information content (AvgIpc) is 4.21. The van der Waals surface area contributed by atoms with Crippen LogP contribution >= 0.6 is 22.7 Å². The number of hydrogen-bond acceptors (Lipinski definition) is 21. The molecule has 0 spiro atoms. The number of anilines is 2. The zero-order valence-corrected chi connectivity index (χ0v) is 54.2. The van der Waals surface area contributed by atoms with E-state index < -0.39 is 28.4 Å². The molecular weight excluding hydrogens is 1200 g/mol. The van der Waals surface area contributed by atoms with Gasteiger partial charge < -0.3 is 33.8 Å². The summed E-state index contributed by atoms with van der Waals surface area (Å²) < 4.78 is 92.9. The van der Waals surface area contributed by atoms with Crippen molar-refractivity contribution in [2.24, 2.45) is 0 Å². The minimum absolute atomic E-state index is 0.0560. The highest BCUT2D eigenvalue weighted by Gasteiger charge is 2.44. The molecule has 23 nitrogen and oxygen atoms in total. The number of thiazole rings is 2. The van der Waals surface area contributed by atoms with Gasteiger partial charge in [-0.1, -0.05) is 67.7 Å². The molecule has 0 saturated carbocycles. The van der Waals surface area contributed by atoms with Crippen LogP contribution in [0.25, 0.3) is 0 Å². The lowest BCUT2D eigenvalue weighted by Gasteiger charge is -2.38. The number of nitrogens with zero attached hydrogens (tertiary/aromatic N) is 15. The number of carbonyl (C=O) groups excluding carboxylic acids is 1. The molecule has 468 valence electrons. The van der Waals surface area contributed by atoms with Gasteiger partial charge in [-0.25, -0.2) is 35.6 Å². The summed E-state index contributed by atoms with van der Waals surface area (Å²) in [6, 6.07) is 13.1. The van der Waals surface area contributed by atoms with Crippen molar-refractivity contribution in [2.75, 3.05) is 115 Å². The Morgan fingerprint density at radius 1 is 0.686 bits per heavy atom. The molecule has 0 amide bonds. The van der Waals surface area contributed by atoms with E-state index in [1.54, 1.807) is 45.7 Å². The number of nitrogens with one attached hydrogen (secondary N) is 1. The SMILES string of the molecule is CC(C)(C)[Si](C)(C)O[C@@H]1C[C@H]2CN(c3ncc(S(=O)(=O)N4CCNCC4)s3)CCN2C1.C[C@H](c1ccc(F)cc1)n1cnnc1C=O.C[C@H](c1ccc(F)cc1)n1cnnc1CN1CCN(S(=O)(=O)c2cnc(N3CCN4C[C@H](O)C[C@H]4C3)s2)CC1. The van der Waals surface area contributed by atoms with Gasteiger partial charge in [-0.15, -0.1) is 20.4 Å². The summed E-state index contributed by atoms with van der Waals surface area (Å²) in [6.07, 6.45) is 8.64. The zero-order valence-electron chi connectivity index (χ0n) is 49.9. The van der Waals surface area contributed by atoms with Gasteiger partial charge in [0.25, 0.3) is 20.0 Å². The molecular formula is C56H80F2N16O7S4Si. The molecule has 6 fully saturated rings. The first-order valence-electron chi connectivity index (χ1n) is 29.4. The van der Waals surface area contributed by atoms with E-state index in [4.69, 9.17) is 4.43 Å². The fraction of sp³-hybridized carbons (Fsp3) is 0.589. The number of rotatable bonds is 15. The molecule has 30 heteroatoms. The number of sulfonamides is 2. The fourth-order valence-corrected chi connectivity index (χ4v) is 18.5. The molecule has 2 aromatic carbocycles. The van der Waals surface area contributed by atoms with Crippen LogP contribution in [-0.4, -0.2) is 228 Å². The molecule has 6 aromatic rings. The first-order chi connectivity index (χ1) is 41.0. The van der Waals surface area contributed by atoms with E-state index in [1.165, 1.54) is 63.8 Å². The van der Waals surface area contributed by atoms with Crippen molar-refractivity contribution in [3.05, 3.63) is 108 Å². The predicted octanol–water partition coefficient (Wildman–Crippen LogP) is 5.11. The largest absolute Gasteiger partial charge is 0.413 e. The molecule has 0 radical (unpaired) electrons. The molecule has 86 heavy (non-hydrogen) atoms. The van der Waals surface area contributed by atoms with Crippen LogP contribution in [0, 0.1) is 11.6 Å². The number of halogens is 2. The van der Waals surface area contributed by atoms with E-state index in [-0.39, 0.29) is 50.9 Å². The maximum Gasteiger partial charge on any atom is 0.254 e. The molecule has 6 aliphatic heterocycles. The van der Waals surface area contributed by atoms with Gasteiger partial charge in [0.15, 0.2) is 39.1 Å². The monoisotopic (exact) mass is 1280 g/mol. The Kier molecular flexibility index (Phi) is 20.0. The number of aliphatic hydroxyl groups is 1. The molecule has 12 rings (SSSR count). The highest BCUT2D eigenvalue weighted by molar-refractivity contribution is 7.91. The lowest BCUT2D eigenvalue weighted by Crippen LogP contribution is -2.50. The summed E-state index contributed by atoms with van der Waals surface area (Å²) in [5.41, 5.74) is 1.85. The van der Waals surface area contributed by atoms with Gasteiger partial charge in [-0.3, -0.25) is 19.5 Å². The Bertz CT molecular complexity index is 3450. The van der Waals surface area contributed by atoms with E-state index in [9.17, 15) is 35.5 Å². The number of hydrogen-bond donors (Lipinski definition) is 2. The Hall–Kier alpha value is -5.09. The van der Waals surface area contributed by atoms with Gasteiger partial charge in [0.2, 0.25) is 0 Å². The second-order valence-electron chi connectivity index (χ2n) is 24.4. The molecule has 0 unspecified atom stereocenters. The van der Waals surface area contributed by atoms with E-state index in [0.717, 1.165) is 85.9 Å². The summed E-state index contributed by atoms with van der Waals surface area (Å²) in [7, 11) is -8.85. The van der Waals surface area contributed by atoms with E-state index in [1.807, 2.05) is 18.4 Å². The van der Waals surface area contributed by atoms with Crippen LogP contribution in [-0.2, 0) is 31.0 Å². The van der Waals surface area contributed by atoms with Crippen molar-refractivity contribution in [1.82, 2.24) is 68.1 Å². The minimum Gasteiger partial charge on any atom is -0.413 e. The van der Waals surface area contributed by atoms with E-state index in [0.29, 0.717) is 88.1 Å². The number of benzene rings is 2. The van der Waals surface area contributed by atoms with Crippen LogP contribution in [0.15, 0.2) is 82.0 Å². The van der Waals surface area contributed by atoms with Gasteiger partial charge in [-0.05, 0) is 80.2 Å².